The molecule has 93 heavy (non-hydrogen) atoms. The summed E-state index contributed by atoms with van der Waals surface area (Å²) in [6.07, 6.45) is 6.37. The van der Waals surface area contributed by atoms with E-state index in [0.29, 0.717) is 49.1 Å². The van der Waals surface area contributed by atoms with E-state index in [1.165, 1.54) is 9.13 Å². The maximum Gasteiger partial charge on any atom is 1.00 e. The first-order chi connectivity index (χ1) is 41.4. The van der Waals surface area contributed by atoms with Crippen LogP contribution in [0.2, 0.25) is 0 Å². The molecule has 21 heteroatoms. The number of likely N-dealkylation sites (N-methyl/N-ethyl adjacent to an activating group) is 2. The van der Waals surface area contributed by atoms with Gasteiger partial charge in [-0.2, -0.15) is 27.0 Å². The second-order valence-electron chi connectivity index (χ2n) is 25.2. The van der Waals surface area contributed by atoms with Gasteiger partial charge in [0, 0.05) is 48.7 Å². The molecule has 2 unspecified atom stereocenters. The summed E-state index contributed by atoms with van der Waals surface area (Å²) in [7, 11) is 7.93. The van der Waals surface area contributed by atoms with Crippen molar-refractivity contribution in [1.29, 1.82) is 0 Å². The smallest absolute Gasteiger partial charge is 0.870 e. The predicted molar refractivity (Wildman–Crippen MR) is 375 cm³/mol. The van der Waals surface area contributed by atoms with Crippen LogP contribution in [0.5, 0.6) is 0 Å². The third-order valence-electron chi connectivity index (χ3n) is 16.3. The minimum absolute atomic E-state index is 0. The fraction of sp³-hybridized carbons (Fsp3) is 0.472. The number of hydrogen-bond acceptors (Lipinski definition) is 10. The van der Waals surface area contributed by atoms with Crippen molar-refractivity contribution in [1.82, 2.24) is 29.6 Å². The van der Waals surface area contributed by atoms with Gasteiger partial charge in [-0.3, -0.25) is 28.8 Å². The molecular weight excluding hydrogens is 1220 g/mol. The number of carbonyl (C=O) groups is 4. The number of hydrogen-bond donors (Lipinski definition) is 3. The molecule has 6 N–H and O–H groups in total. The minimum atomic E-state index is -1.17. The van der Waals surface area contributed by atoms with Gasteiger partial charge in [0.2, 0.25) is 11.8 Å². The van der Waals surface area contributed by atoms with Crippen molar-refractivity contribution >= 4 is 50.7 Å². The monoisotopic (exact) mass is 1320 g/mol. The second kappa shape index (κ2) is 40.1. The molecule has 0 bridgehead atoms. The van der Waals surface area contributed by atoms with E-state index in [0.717, 1.165) is 86.3 Å². The fourth-order valence-electron chi connectivity index (χ4n) is 11.3. The fourth-order valence-corrected chi connectivity index (χ4v) is 11.3. The Morgan fingerprint density at radius 1 is 0.548 bits per heavy atom. The molecule has 508 valence electrons. The quantitative estimate of drug-likeness (QED) is 0.0325. The van der Waals surface area contributed by atoms with E-state index < -0.39 is 66.0 Å². The Balaban J connectivity index is 0.00000173. The Labute approximate surface area is 576 Å². The number of carbonyl (C=O) groups excluding carboxylic acids is 3. The van der Waals surface area contributed by atoms with Crippen LogP contribution in [0.15, 0.2) is 94.8 Å². The number of benzene rings is 4. The number of esters is 1. The maximum absolute atomic E-state index is 16.0. The summed E-state index contributed by atoms with van der Waals surface area (Å²) in [5.74, 6) is -3.15. The van der Waals surface area contributed by atoms with E-state index in [4.69, 9.17) is 4.74 Å². The van der Waals surface area contributed by atoms with Crippen molar-refractivity contribution < 1.29 is 67.6 Å². The van der Waals surface area contributed by atoms with Crippen LogP contribution in [-0.4, -0.2) is 107 Å². The topological polar surface area (TPSA) is 234 Å². The molecule has 2 amide bonds. The molecule has 16 nitrogen and oxygen atoms in total. The van der Waals surface area contributed by atoms with Crippen molar-refractivity contribution in [3.05, 3.63) is 184 Å². The van der Waals surface area contributed by atoms with Gasteiger partial charge in [0.15, 0.2) is 0 Å². The summed E-state index contributed by atoms with van der Waals surface area (Å²) in [5.41, 5.74) is 11.8. The van der Waals surface area contributed by atoms with Gasteiger partial charge in [0.25, 0.3) is 11.1 Å². The van der Waals surface area contributed by atoms with Crippen LogP contribution in [0.1, 0.15) is 164 Å². The molecule has 0 aliphatic carbocycles. The number of pyridine rings is 2. The molecule has 0 radical (unpaired) electrons. The normalized spacial score (nSPS) is 12.2. The number of nitrogens with zero attached hydrogens (tertiary/aromatic N) is 4. The van der Waals surface area contributed by atoms with Crippen LogP contribution in [0, 0.1) is 78.9 Å². The van der Waals surface area contributed by atoms with Crippen LogP contribution in [0.3, 0.4) is 0 Å². The third-order valence-corrected chi connectivity index (χ3v) is 16.3. The molecule has 6 aromatic rings. The number of amides is 2. The van der Waals surface area contributed by atoms with Crippen molar-refractivity contribution in [3.63, 3.8) is 0 Å². The number of carboxylic acids is 1. The average Bonchev–Trinajstić information content (AvgIpc) is 0.873. The van der Waals surface area contributed by atoms with E-state index in [1.54, 1.807) is 69.6 Å². The molecule has 4 atom stereocenters. The van der Waals surface area contributed by atoms with Crippen molar-refractivity contribution in [2.24, 2.45) is 11.8 Å². The molecule has 2 heterocycles. The predicted octanol–water partition coefficient (Wildman–Crippen LogP) is 9.31. The molecule has 0 saturated heterocycles. The average molecular weight is 1320 g/mol. The zero-order valence-electron chi connectivity index (χ0n) is 58.1. The zero-order chi connectivity index (χ0) is 65.4. The molecule has 0 fully saturated rings. The summed E-state index contributed by atoms with van der Waals surface area (Å²) < 4.78 is 39.9. The first kappa shape index (κ1) is 86.7. The molecule has 0 saturated carbocycles. The first-order valence-electron chi connectivity index (χ1n) is 30.9. The van der Waals surface area contributed by atoms with E-state index in [1.807, 2.05) is 120 Å². The number of halogens is 2. The second-order valence-corrected chi connectivity index (χ2v) is 25.2. The van der Waals surface area contributed by atoms with Gasteiger partial charge in [-0.25, -0.2) is 8.78 Å². The van der Waals surface area contributed by atoms with Crippen molar-refractivity contribution in [2.75, 3.05) is 47.9 Å². The van der Waals surface area contributed by atoms with Gasteiger partial charge in [-0.1, -0.05) is 64.1 Å². The molecule has 0 aliphatic heterocycles. The molecule has 0 aliphatic rings. The van der Waals surface area contributed by atoms with Crippen LogP contribution in [0.4, 0.5) is 8.78 Å². The Kier molecular flexibility index (Phi) is 37.4. The van der Waals surface area contributed by atoms with E-state index in [-0.39, 0.29) is 98.0 Å². The summed E-state index contributed by atoms with van der Waals surface area (Å²) in [5, 5.41) is 15.6. The number of aryl methyl sites for hydroxylation is 8. The number of rotatable bonds is 27. The van der Waals surface area contributed by atoms with Crippen LogP contribution >= 0.6 is 27.0 Å². The first-order valence-corrected chi connectivity index (χ1v) is 30.9. The van der Waals surface area contributed by atoms with Crippen LogP contribution < -0.4 is 40.6 Å². The number of nitrogens with one attached hydrogen (secondary N) is 2. The van der Waals surface area contributed by atoms with E-state index in [2.05, 4.69) is 34.3 Å². The standard InChI is InChI=1S/C37H50FN3O4.C35H46FN3O4.Li.2H2O.2H2S/c1-10-45-34(43)21-31(30-20-29(18-27(7)36(30)38)35-24(4)12-11-13-25(35)5)39-37(44)32(15-14-23(2)3)41-22-28(16-17-40(8)9)26(6)19-33(41)42;1-21(2)12-13-30(39-20-26(14-15-38(7)8)24(5)17-31(39)40)35(43)37-29(19-32(41)42)28-18-27(16-25(6)34(28)36)33-22(3)10-9-11-23(33)4;;;;;/h11-13,18-20,22-23,31-32H,10,14-17,21H2,1-9H3,(H,39,44);9-11,16-18,20-21,29-30H,12-15,19H2,1-8H3,(H,37,43)(H,41,42);;4*1H2/q;;+1;;;;/p-1/t31-,32?;29-,30?;;;;;/m00...../s1. The van der Waals surface area contributed by atoms with Gasteiger partial charge < -0.3 is 50.4 Å². The van der Waals surface area contributed by atoms with E-state index >= 15 is 8.78 Å². The SMILES string of the molecule is CCOC(=O)C[C@H](NC(=O)C(CCC(C)C)n1cc(CCN(C)C)c(C)cc1=O)c1cc(-c2c(C)cccc2C)cc(C)c1F.Cc1cc(=O)n(C(CCC(C)C)C(=O)N[C@@H](CC(=O)O)c2cc(-c3c(C)cccc3C)cc(C)c2F)cc1CCN(C)C.O.S.S.[Li+].[OH-]. The van der Waals surface area contributed by atoms with Gasteiger partial charge in [0.1, 0.15) is 23.7 Å². The number of ether oxygens (including phenoxy) is 1. The van der Waals surface area contributed by atoms with Crippen LogP contribution in [-0.2, 0) is 36.8 Å². The third kappa shape index (κ3) is 24.4. The molecule has 4 aromatic carbocycles. The Morgan fingerprint density at radius 3 is 1.20 bits per heavy atom. The summed E-state index contributed by atoms with van der Waals surface area (Å²) in [6.45, 7) is 26.7. The zero-order valence-corrected chi connectivity index (χ0v) is 60.1. The van der Waals surface area contributed by atoms with Gasteiger partial charge >= 0.3 is 30.8 Å². The van der Waals surface area contributed by atoms with Gasteiger partial charge in [-0.05, 0) is 243 Å². The minimum Gasteiger partial charge on any atom is -0.870 e. The number of carboxylic acid groups (broad SMARTS) is 1. The molecule has 0 spiro atoms. The van der Waals surface area contributed by atoms with Gasteiger partial charge in [-0.15, -0.1) is 0 Å². The van der Waals surface area contributed by atoms with E-state index in [9.17, 15) is 33.9 Å². The number of aliphatic carboxylic acids is 1. The molecule has 6 rings (SSSR count). The Bertz CT molecular complexity index is 3540. The Hall–Kier alpha value is -6.34. The van der Waals surface area contributed by atoms with Crippen molar-refractivity contribution in [2.45, 2.75) is 166 Å². The summed E-state index contributed by atoms with van der Waals surface area (Å²) >= 11 is 0. The Morgan fingerprint density at radius 2 is 0.892 bits per heavy atom. The molecule has 2 aromatic heterocycles. The maximum atomic E-state index is 16.0. The summed E-state index contributed by atoms with van der Waals surface area (Å²) in [4.78, 5) is 83.7. The van der Waals surface area contributed by atoms with Gasteiger partial charge in [0.05, 0.1) is 31.5 Å². The number of aromatic nitrogens is 2. The van der Waals surface area contributed by atoms with Crippen LogP contribution in [0.25, 0.3) is 22.3 Å². The molecular formula is C72H103F2LiN6O10S2. The summed E-state index contributed by atoms with van der Waals surface area (Å²) in [6, 6.07) is 18.1. The largest absolute Gasteiger partial charge is 1.00 e. The van der Waals surface area contributed by atoms with Crippen molar-refractivity contribution in [3.8, 4) is 22.3 Å².